The molecule has 0 fully saturated rings. The summed E-state index contributed by atoms with van der Waals surface area (Å²) in [4.78, 5) is 18.2. The molecule has 0 aliphatic heterocycles. The Labute approximate surface area is 282 Å². The molecule has 9 nitrogen and oxygen atoms in total. The van der Waals surface area contributed by atoms with Gasteiger partial charge in [0.1, 0.15) is 15.6 Å². The second-order valence-electron chi connectivity index (χ2n) is 11.0. The molecule has 0 bridgehead atoms. The van der Waals surface area contributed by atoms with Crippen LogP contribution in [0, 0.1) is 5.82 Å². The van der Waals surface area contributed by atoms with Crippen molar-refractivity contribution >= 4 is 43.0 Å². The molecular formula is C34H27F4N5O4S2. The van der Waals surface area contributed by atoms with Gasteiger partial charge < -0.3 is 15.4 Å². The highest BCUT2D eigenvalue weighted by Gasteiger charge is 2.40. The van der Waals surface area contributed by atoms with Crippen molar-refractivity contribution in [3.63, 3.8) is 0 Å². The van der Waals surface area contributed by atoms with Gasteiger partial charge in [0.15, 0.2) is 17.3 Å². The minimum absolute atomic E-state index is 0.0592. The zero-order valence-corrected chi connectivity index (χ0v) is 27.3. The fourth-order valence-electron chi connectivity index (χ4n) is 4.95. The zero-order valence-electron chi connectivity index (χ0n) is 25.7. The number of ether oxygens (including phenoxy) is 1. The van der Waals surface area contributed by atoms with Gasteiger partial charge in [-0.2, -0.15) is 18.3 Å². The monoisotopic (exact) mass is 709 g/mol. The van der Waals surface area contributed by atoms with Crippen molar-refractivity contribution in [2.24, 2.45) is 0 Å². The normalized spacial score (nSPS) is 11.9. The second kappa shape index (κ2) is 13.8. The topological polar surface area (TPSA) is 115 Å². The molecule has 0 aliphatic carbocycles. The first-order chi connectivity index (χ1) is 23.4. The van der Waals surface area contributed by atoms with Crippen molar-refractivity contribution in [2.75, 3.05) is 23.9 Å². The second-order valence-corrected chi connectivity index (χ2v) is 14.3. The number of halogens is 4. The third-order valence-corrected chi connectivity index (χ3v) is 9.42. The Kier molecular flexibility index (Phi) is 9.50. The van der Waals surface area contributed by atoms with Crippen LogP contribution in [0.5, 0.6) is 11.5 Å². The van der Waals surface area contributed by atoms with Crippen LogP contribution in [0.4, 0.5) is 23.2 Å². The minimum Gasteiger partial charge on any atom is -0.453 e. The van der Waals surface area contributed by atoms with Crippen LogP contribution in [0.15, 0.2) is 97.3 Å². The molecule has 0 unspecified atom stereocenters. The lowest BCUT2D eigenvalue weighted by Gasteiger charge is -2.13. The number of para-hydroxylation sites is 1. The maximum absolute atomic E-state index is 15.2. The third-order valence-electron chi connectivity index (χ3n) is 7.29. The summed E-state index contributed by atoms with van der Waals surface area (Å²) in [6.45, 7) is 0.872. The van der Waals surface area contributed by atoms with Gasteiger partial charge in [-0.05, 0) is 41.5 Å². The number of amides is 1. The van der Waals surface area contributed by atoms with Gasteiger partial charge in [0, 0.05) is 48.2 Å². The summed E-state index contributed by atoms with van der Waals surface area (Å²) < 4.78 is 87.1. The molecular weight excluding hydrogens is 683 g/mol. The molecule has 3 aromatic carbocycles. The highest BCUT2D eigenvalue weighted by atomic mass is 32.2. The van der Waals surface area contributed by atoms with E-state index in [1.54, 1.807) is 24.3 Å². The molecule has 0 saturated carbocycles. The predicted octanol–water partition coefficient (Wildman–Crippen LogP) is 7.49. The number of hydrogen-bond acceptors (Lipinski definition) is 8. The van der Waals surface area contributed by atoms with Crippen molar-refractivity contribution in [1.82, 2.24) is 20.1 Å². The maximum atomic E-state index is 15.2. The summed E-state index contributed by atoms with van der Waals surface area (Å²) in [5.41, 5.74) is 0.592. The molecule has 252 valence electrons. The fraction of sp³-hybridized carbons (Fsp3) is 0.147. The number of anilines is 1. The number of hydrogen-bond donors (Lipinski definition) is 2. The van der Waals surface area contributed by atoms with Gasteiger partial charge in [0.25, 0.3) is 5.91 Å². The molecule has 0 radical (unpaired) electrons. The van der Waals surface area contributed by atoms with Gasteiger partial charge in [-0.15, -0.1) is 11.3 Å². The SMILES string of the molecule is CS(=O)(=O)CCNCc1ccc(-c2cc3nccc(Oc4ccc(NC(=O)c5cnn(-c6ccccc6)c5C(F)(F)F)cc4F)c3s2)cc1. The van der Waals surface area contributed by atoms with Gasteiger partial charge in [-0.1, -0.05) is 42.5 Å². The average Bonchev–Trinajstić information content (AvgIpc) is 3.71. The summed E-state index contributed by atoms with van der Waals surface area (Å²) in [5, 5.41) is 9.21. The van der Waals surface area contributed by atoms with E-state index in [4.69, 9.17) is 4.74 Å². The molecule has 15 heteroatoms. The van der Waals surface area contributed by atoms with Crippen LogP contribution in [0.3, 0.4) is 0 Å². The highest BCUT2D eigenvalue weighted by Crippen LogP contribution is 2.40. The Bertz CT molecular complexity index is 2240. The molecule has 2 N–H and O–H groups in total. The number of fused-ring (bicyclic) bond motifs is 1. The van der Waals surface area contributed by atoms with E-state index < -0.39 is 39.0 Å². The number of carbonyl (C=O) groups excluding carboxylic acids is 1. The number of nitrogens with zero attached hydrogens (tertiary/aromatic N) is 3. The molecule has 49 heavy (non-hydrogen) atoms. The fourth-order valence-corrected chi connectivity index (χ4v) is 6.53. The van der Waals surface area contributed by atoms with Crippen LogP contribution >= 0.6 is 11.3 Å². The van der Waals surface area contributed by atoms with E-state index in [0.29, 0.717) is 33.7 Å². The summed E-state index contributed by atoms with van der Waals surface area (Å²) in [6, 6.07) is 22.4. The van der Waals surface area contributed by atoms with Gasteiger partial charge in [-0.3, -0.25) is 9.78 Å². The summed E-state index contributed by atoms with van der Waals surface area (Å²) in [5.74, 6) is -1.73. The van der Waals surface area contributed by atoms with Crippen LogP contribution in [-0.2, 0) is 22.6 Å². The third kappa shape index (κ3) is 7.96. The van der Waals surface area contributed by atoms with Crippen LogP contribution < -0.4 is 15.4 Å². The molecule has 1 amide bonds. The lowest BCUT2D eigenvalue weighted by molar-refractivity contribution is -0.143. The van der Waals surface area contributed by atoms with Crippen molar-refractivity contribution in [2.45, 2.75) is 12.7 Å². The van der Waals surface area contributed by atoms with E-state index in [-0.39, 0.29) is 22.9 Å². The number of nitrogens with one attached hydrogen (secondary N) is 2. The summed E-state index contributed by atoms with van der Waals surface area (Å²) >= 11 is 1.40. The largest absolute Gasteiger partial charge is 0.453 e. The van der Waals surface area contributed by atoms with E-state index in [0.717, 1.165) is 28.3 Å². The number of benzene rings is 3. The smallest absolute Gasteiger partial charge is 0.434 e. The van der Waals surface area contributed by atoms with Crippen molar-refractivity contribution < 1.29 is 35.5 Å². The zero-order chi connectivity index (χ0) is 34.8. The molecule has 0 atom stereocenters. The van der Waals surface area contributed by atoms with Gasteiger partial charge in [0.05, 0.1) is 33.4 Å². The lowest BCUT2D eigenvalue weighted by atomic mass is 10.1. The molecule has 3 heterocycles. The predicted molar refractivity (Wildman–Crippen MR) is 179 cm³/mol. The Morgan fingerprint density at radius 1 is 0.980 bits per heavy atom. The summed E-state index contributed by atoms with van der Waals surface area (Å²) in [7, 11) is -3.04. The number of aromatic nitrogens is 3. The maximum Gasteiger partial charge on any atom is 0.434 e. The Morgan fingerprint density at radius 3 is 2.43 bits per heavy atom. The Balaban J connectivity index is 1.16. The number of sulfone groups is 1. The van der Waals surface area contributed by atoms with Crippen LogP contribution in [0.1, 0.15) is 21.6 Å². The van der Waals surface area contributed by atoms with E-state index >= 15 is 4.39 Å². The minimum atomic E-state index is -4.90. The first-order valence-corrected chi connectivity index (χ1v) is 17.6. The van der Waals surface area contributed by atoms with Gasteiger partial charge >= 0.3 is 6.18 Å². The van der Waals surface area contributed by atoms with Gasteiger partial charge in [0.2, 0.25) is 0 Å². The van der Waals surface area contributed by atoms with Crippen molar-refractivity contribution in [3.05, 3.63) is 120 Å². The number of pyridine rings is 1. The summed E-state index contributed by atoms with van der Waals surface area (Å²) in [6.07, 6.45) is -1.36. The molecule has 6 rings (SSSR count). The van der Waals surface area contributed by atoms with E-state index in [1.807, 2.05) is 30.3 Å². The number of carbonyl (C=O) groups is 1. The molecule has 0 saturated heterocycles. The quantitative estimate of drug-likeness (QED) is 0.106. The van der Waals surface area contributed by atoms with Crippen LogP contribution in [0.25, 0.3) is 26.3 Å². The number of rotatable bonds is 11. The Morgan fingerprint density at radius 2 is 1.73 bits per heavy atom. The molecule has 6 aromatic rings. The van der Waals surface area contributed by atoms with Gasteiger partial charge in [-0.25, -0.2) is 17.5 Å². The molecule has 0 spiro atoms. The van der Waals surface area contributed by atoms with Crippen molar-refractivity contribution in [3.8, 4) is 27.6 Å². The van der Waals surface area contributed by atoms with E-state index in [9.17, 15) is 26.4 Å². The van der Waals surface area contributed by atoms with E-state index in [2.05, 4.69) is 20.7 Å². The van der Waals surface area contributed by atoms with E-state index in [1.165, 1.54) is 48.1 Å². The van der Waals surface area contributed by atoms with Crippen LogP contribution in [0.2, 0.25) is 0 Å². The first-order valence-electron chi connectivity index (χ1n) is 14.7. The average molecular weight is 710 g/mol. The standard InChI is InChI=1S/C34H27F4N5O4S2/c1-49(45,46)16-15-39-19-21-7-9-22(10-8-21)30-18-27-31(48-30)29(13-14-40-27)47-28-12-11-23(17-26(28)35)42-33(44)25-20-41-43(32(25)34(36,37)38)24-5-3-2-4-6-24/h2-14,17-18,20,39H,15-16,19H2,1H3,(H,42,44). The molecule has 3 aromatic heterocycles. The number of alkyl halides is 3. The first kappa shape index (κ1) is 33.8. The molecule has 0 aliphatic rings. The Hall–Kier alpha value is -5.12. The highest BCUT2D eigenvalue weighted by molar-refractivity contribution is 7.90. The number of thiophene rings is 1. The van der Waals surface area contributed by atoms with Crippen molar-refractivity contribution in [1.29, 1.82) is 0 Å². The lowest BCUT2D eigenvalue weighted by Crippen LogP contribution is -2.21. The van der Waals surface area contributed by atoms with Crippen LogP contribution in [-0.4, -0.2) is 47.6 Å².